The Labute approximate surface area is 214 Å². The van der Waals surface area contributed by atoms with E-state index < -0.39 is 17.8 Å². The number of ether oxygens (including phenoxy) is 1. The molecular weight excluding hydrogens is 473 g/mol. The van der Waals surface area contributed by atoms with Gasteiger partial charge in [-0.25, -0.2) is 18.9 Å². The second-order valence-electron chi connectivity index (χ2n) is 10.2. The Morgan fingerprint density at radius 2 is 2.05 bits per heavy atom. The second kappa shape index (κ2) is 8.68. The summed E-state index contributed by atoms with van der Waals surface area (Å²) < 4.78 is 24.2. The average Bonchev–Trinajstić information content (AvgIpc) is 3.40. The van der Waals surface area contributed by atoms with Gasteiger partial charge in [0, 0.05) is 30.9 Å². The molecule has 0 aliphatic carbocycles. The molecule has 6 heterocycles. The Morgan fingerprint density at radius 1 is 1.24 bits per heavy atom. The minimum Gasteiger partial charge on any atom is -0.382 e. The van der Waals surface area contributed by atoms with Crippen LogP contribution in [0.15, 0.2) is 24.4 Å². The van der Waals surface area contributed by atoms with Gasteiger partial charge in [0.1, 0.15) is 28.6 Å². The third-order valence-corrected chi connectivity index (χ3v) is 7.46. The van der Waals surface area contributed by atoms with Crippen LogP contribution in [0.1, 0.15) is 32.1 Å². The SMILES string of the molecule is C#CC1(N2CC[C@H](Nc3nc(N)c4c(-c5ccc6nc(C)n(C(C)C)c6n5)ccn4n3)[C@H](F)C2)COC1. The molecule has 0 amide bonds. The van der Waals surface area contributed by atoms with Gasteiger partial charge in [0.15, 0.2) is 11.5 Å². The highest BCUT2D eigenvalue weighted by atomic mass is 19.1. The van der Waals surface area contributed by atoms with Crippen LogP contribution in [0.3, 0.4) is 0 Å². The Hall–Kier alpha value is -3.75. The molecule has 6 rings (SSSR count). The smallest absolute Gasteiger partial charge is 0.243 e. The predicted molar refractivity (Wildman–Crippen MR) is 140 cm³/mol. The van der Waals surface area contributed by atoms with E-state index in [4.69, 9.17) is 21.9 Å². The first kappa shape index (κ1) is 23.6. The molecule has 4 aromatic heterocycles. The standard InChI is InChI=1S/C26H30FN9O/c1-5-26(13-37-14-26)34-10-9-20(18(27)12-34)31-25-32-23(28)22-17(8-11-35(22)33-25)19-6-7-21-24(30-19)36(15(2)3)16(4)29-21/h1,6-8,11,15,18,20H,9-10,12-14H2,2-4H3,(H3,28,31,32,33)/t18-,20+/m1/s1. The summed E-state index contributed by atoms with van der Waals surface area (Å²) in [6, 6.07) is 5.59. The van der Waals surface area contributed by atoms with Gasteiger partial charge in [-0.1, -0.05) is 5.92 Å². The van der Waals surface area contributed by atoms with E-state index in [1.165, 1.54) is 0 Å². The van der Waals surface area contributed by atoms with Crippen molar-refractivity contribution in [3.05, 3.63) is 30.2 Å². The Balaban J connectivity index is 1.26. The lowest BCUT2D eigenvalue weighted by Crippen LogP contribution is -2.65. The number of imidazole rings is 1. The Kier molecular flexibility index (Phi) is 5.54. The number of halogens is 1. The van der Waals surface area contributed by atoms with Crippen LogP contribution >= 0.6 is 0 Å². The van der Waals surface area contributed by atoms with Crippen molar-refractivity contribution >= 4 is 28.4 Å². The first-order chi connectivity index (χ1) is 17.8. The summed E-state index contributed by atoms with van der Waals surface area (Å²) in [6.45, 7) is 7.99. The number of likely N-dealkylation sites (tertiary alicyclic amines) is 1. The fraction of sp³-hybridized carbons (Fsp3) is 0.462. The molecule has 37 heavy (non-hydrogen) atoms. The molecule has 4 aromatic rings. The van der Waals surface area contributed by atoms with Gasteiger partial charge in [0.05, 0.1) is 24.9 Å². The molecule has 0 spiro atoms. The lowest BCUT2D eigenvalue weighted by molar-refractivity contribution is -0.120. The maximum absolute atomic E-state index is 15.1. The zero-order chi connectivity index (χ0) is 25.9. The summed E-state index contributed by atoms with van der Waals surface area (Å²) in [5, 5.41) is 7.72. The van der Waals surface area contributed by atoms with E-state index in [0.717, 1.165) is 28.2 Å². The van der Waals surface area contributed by atoms with E-state index >= 15 is 4.39 Å². The highest BCUT2D eigenvalue weighted by Crippen LogP contribution is 2.32. The molecule has 2 saturated heterocycles. The highest BCUT2D eigenvalue weighted by Gasteiger charge is 2.46. The monoisotopic (exact) mass is 503 g/mol. The number of pyridine rings is 1. The molecule has 2 aliphatic heterocycles. The fourth-order valence-corrected chi connectivity index (χ4v) is 5.45. The number of terminal acetylenes is 1. The van der Waals surface area contributed by atoms with Crippen molar-refractivity contribution in [2.75, 3.05) is 37.4 Å². The van der Waals surface area contributed by atoms with Gasteiger partial charge in [0.25, 0.3) is 0 Å². The van der Waals surface area contributed by atoms with E-state index in [1.807, 2.05) is 36.2 Å². The Bertz CT molecular complexity index is 1530. The highest BCUT2D eigenvalue weighted by molar-refractivity contribution is 5.88. The minimum atomic E-state index is -1.13. The molecule has 11 heteroatoms. The number of nitrogens with one attached hydrogen (secondary N) is 1. The molecular formula is C26H30FN9O. The van der Waals surface area contributed by atoms with Crippen molar-refractivity contribution in [3.8, 4) is 23.6 Å². The van der Waals surface area contributed by atoms with Gasteiger partial charge in [0.2, 0.25) is 5.95 Å². The molecule has 2 atom stereocenters. The number of piperidine rings is 1. The van der Waals surface area contributed by atoms with Crippen LogP contribution in [-0.4, -0.2) is 78.1 Å². The number of fused-ring (bicyclic) bond motifs is 2. The Morgan fingerprint density at radius 3 is 2.73 bits per heavy atom. The number of nitrogens with zero attached hydrogens (tertiary/aromatic N) is 7. The minimum absolute atomic E-state index is 0.228. The van der Waals surface area contributed by atoms with Gasteiger partial charge in [-0.15, -0.1) is 11.5 Å². The van der Waals surface area contributed by atoms with Crippen molar-refractivity contribution in [3.63, 3.8) is 0 Å². The van der Waals surface area contributed by atoms with Gasteiger partial charge >= 0.3 is 0 Å². The number of nitrogens with two attached hydrogens (primary N) is 1. The second-order valence-corrected chi connectivity index (χ2v) is 10.2. The summed E-state index contributed by atoms with van der Waals surface area (Å²) in [4.78, 5) is 16.0. The zero-order valence-corrected chi connectivity index (χ0v) is 21.1. The van der Waals surface area contributed by atoms with Crippen LogP contribution in [0, 0.1) is 19.3 Å². The average molecular weight is 504 g/mol. The number of alkyl halides is 1. The van der Waals surface area contributed by atoms with Crippen LogP contribution in [0.25, 0.3) is 27.9 Å². The van der Waals surface area contributed by atoms with Gasteiger partial charge < -0.3 is 20.4 Å². The number of aromatic nitrogens is 6. The van der Waals surface area contributed by atoms with E-state index in [2.05, 4.69) is 44.7 Å². The van der Waals surface area contributed by atoms with E-state index in [-0.39, 0.29) is 18.5 Å². The number of rotatable bonds is 5. The van der Waals surface area contributed by atoms with E-state index in [0.29, 0.717) is 37.5 Å². The third-order valence-electron chi connectivity index (χ3n) is 7.46. The topological polar surface area (TPSA) is 111 Å². The van der Waals surface area contributed by atoms with Crippen molar-refractivity contribution in [2.24, 2.45) is 0 Å². The van der Waals surface area contributed by atoms with Crippen LogP contribution in [-0.2, 0) is 4.74 Å². The molecule has 0 saturated carbocycles. The van der Waals surface area contributed by atoms with Crippen molar-refractivity contribution in [1.29, 1.82) is 0 Å². The molecule has 0 bridgehead atoms. The summed E-state index contributed by atoms with van der Waals surface area (Å²) in [5.74, 6) is 4.28. The maximum atomic E-state index is 15.1. The summed E-state index contributed by atoms with van der Waals surface area (Å²) >= 11 is 0. The predicted octanol–water partition coefficient (Wildman–Crippen LogP) is 2.84. The molecule has 0 aromatic carbocycles. The van der Waals surface area contributed by atoms with Crippen molar-refractivity contribution in [2.45, 2.75) is 51.0 Å². The quantitative estimate of drug-likeness (QED) is 0.400. The first-order valence-corrected chi connectivity index (χ1v) is 12.5. The normalized spacial score (nSPS) is 21.8. The number of nitrogen functional groups attached to an aromatic ring is 1. The lowest BCUT2D eigenvalue weighted by atomic mass is 9.91. The fourth-order valence-electron chi connectivity index (χ4n) is 5.45. The number of hydrogen-bond acceptors (Lipinski definition) is 8. The number of aryl methyl sites for hydroxylation is 1. The summed E-state index contributed by atoms with van der Waals surface area (Å²) in [6.07, 6.45) is 6.95. The van der Waals surface area contributed by atoms with Gasteiger partial charge in [-0.2, -0.15) is 4.98 Å². The largest absolute Gasteiger partial charge is 0.382 e. The van der Waals surface area contributed by atoms with Crippen LogP contribution < -0.4 is 11.1 Å². The van der Waals surface area contributed by atoms with E-state index in [9.17, 15) is 0 Å². The molecule has 3 N–H and O–H groups in total. The van der Waals surface area contributed by atoms with Crippen LogP contribution in [0.4, 0.5) is 16.2 Å². The molecule has 192 valence electrons. The maximum Gasteiger partial charge on any atom is 0.243 e. The molecule has 0 radical (unpaired) electrons. The zero-order valence-electron chi connectivity index (χ0n) is 21.1. The molecule has 0 unspecified atom stereocenters. The summed E-state index contributed by atoms with van der Waals surface area (Å²) in [7, 11) is 0. The van der Waals surface area contributed by atoms with Crippen LogP contribution in [0.2, 0.25) is 0 Å². The van der Waals surface area contributed by atoms with Crippen LogP contribution in [0.5, 0.6) is 0 Å². The van der Waals surface area contributed by atoms with E-state index in [1.54, 1.807) is 4.52 Å². The van der Waals surface area contributed by atoms with Gasteiger partial charge in [-0.05, 0) is 45.4 Å². The number of anilines is 2. The number of hydrogen-bond donors (Lipinski definition) is 2. The molecule has 10 nitrogen and oxygen atoms in total. The molecule has 2 aliphatic rings. The van der Waals surface area contributed by atoms with Crippen molar-refractivity contribution < 1.29 is 9.13 Å². The lowest BCUT2D eigenvalue weighted by Gasteiger charge is -2.49. The first-order valence-electron chi connectivity index (χ1n) is 12.5. The summed E-state index contributed by atoms with van der Waals surface area (Å²) in [5.41, 5.74) is 9.81. The third kappa shape index (κ3) is 3.79. The molecule has 2 fully saturated rings. The van der Waals surface area contributed by atoms with Gasteiger partial charge in [-0.3, -0.25) is 4.90 Å². The van der Waals surface area contributed by atoms with Crippen molar-refractivity contribution in [1.82, 2.24) is 34.0 Å².